The number of aromatic nitrogens is 3. The Balaban J connectivity index is 1.81. The van der Waals surface area contributed by atoms with Gasteiger partial charge in [-0.15, -0.1) is 0 Å². The molecule has 0 radical (unpaired) electrons. The molecule has 0 bridgehead atoms. The summed E-state index contributed by atoms with van der Waals surface area (Å²) in [7, 11) is 0. The van der Waals surface area contributed by atoms with Crippen molar-refractivity contribution < 1.29 is 4.79 Å². The van der Waals surface area contributed by atoms with E-state index in [0.717, 1.165) is 21.9 Å². The van der Waals surface area contributed by atoms with Gasteiger partial charge in [0, 0.05) is 29.3 Å². The predicted molar refractivity (Wildman–Crippen MR) is 108 cm³/mol. The number of amides is 1. The summed E-state index contributed by atoms with van der Waals surface area (Å²) in [5, 5.41) is 5.97. The van der Waals surface area contributed by atoms with Crippen LogP contribution in [0.5, 0.6) is 0 Å². The van der Waals surface area contributed by atoms with Gasteiger partial charge in [0.05, 0.1) is 11.1 Å². The largest absolute Gasteiger partial charge is 0.306 e. The van der Waals surface area contributed by atoms with Crippen molar-refractivity contribution in [2.24, 2.45) is 0 Å². The van der Waals surface area contributed by atoms with E-state index in [1.807, 2.05) is 63.2 Å². The fraction of sp³-hybridized carbons (Fsp3) is 0.182. The van der Waals surface area contributed by atoms with Crippen LogP contribution in [0.1, 0.15) is 41.6 Å². The van der Waals surface area contributed by atoms with E-state index >= 15 is 0 Å². The fourth-order valence-electron chi connectivity index (χ4n) is 3.20. The third kappa shape index (κ3) is 3.24. The van der Waals surface area contributed by atoms with E-state index in [1.54, 1.807) is 12.3 Å². The Morgan fingerprint density at radius 3 is 2.59 bits per heavy atom. The normalized spacial score (nSPS) is 11.3. The van der Waals surface area contributed by atoms with Crippen LogP contribution in [0.2, 0.25) is 0 Å². The zero-order chi connectivity index (χ0) is 19.0. The van der Waals surface area contributed by atoms with Crippen LogP contribution in [-0.2, 0) is 0 Å². The summed E-state index contributed by atoms with van der Waals surface area (Å²) in [5.74, 6) is 1.18. The van der Waals surface area contributed by atoms with Gasteiger partial charge in [0.1, 0.15) is 11.6 Å². The van der Waals surface area contributed by atoms with Crippen LogP contribution in [-0.4, -0.2) is 20.9 Å². The van der Waals surface area contributed by atoms with Gasteiger partial charge in [-0.05, 0) is 29.8 Å². The first-order valence-corrected chi connectivity index (χ1v) is 8.96. The highest BCUT2D eigenvalue weighted by Crippen LogP contribution is 2.27. The summed E-state index contributed by atoms with van der Waals surface area (Å²) < 4.78 is 0. The molecular weight excluding hydrogens is 336 g/mol. The summed E-state index contributed by atoms with van der Waals surface area (Å²) in [4.78, 5) is 26.4. The number of hydrogen-bond acceptors (Lipinski definition) is 4. The van der Waals surface area contributed by atoms with Crippen molar-refractivity contribution in [3.63, 3.8) is 0 Å². The van der Waals surface area contributed by atoms with Gasteiger partial charge < -0.3 is 5.32 Å². The van der Waals surface area contributed by atoms with Gasteiger partial charge in [-0.1, -0.05) is 44.2 Å². The predicted octanol–water partition coefficient (Wildman–Crippen LogP) is 4.86. The number of hydrogen-bond donors (Lipinski definition) is 1. The van der Waals surface area contributed by atoms with Crippen LogP contribution in [0, 0.1) is 6.92 Å². The lowest BCUT2D eigenvalue weighted by molar-refractivity contribution is 0.102. The lowest BCUT2D eigenvalue weighted by atomic mass is 10.0. The molecular formula is C22H20N4O. The zero-order valence-electron chi connectivity index (χ0n) is 15.5. The van der Waals surface area contributed by atoms with Crippen LogP contribution in [0.3, 0.4) is 0 Å². The summed E-state index contributed by atoms with van der Waals surface area (Å²) in [5.41, 5.74) is 2.04. The number of nitrogens with one attached hydrogen (secondary N) is 1. The Morgan fingerprint density at radius 2 is 1.78 bits per heavy atom. The first kappa shape index (κ1) is 17.1. The molecule has 1 amide bonds. The van der Waals surface area contributed by atoms with Crippen molar-refractivity contribution >= 4 is 33.4 Å². The van der Waals surface area contributed by atoms with E-state index in [-0.39, 0.29) is 11.8 Å². The fourth-order valence-corrected chi connectivity index (χ4v) is 3.20. The van der Waals surface area contributed by atoms with Gasteiger partial charge in [-0.3, -0.25) is 9.78 Å². The maximum atomic E-state index is 13.1. The second-order valence-electron chi connectivity index (χ2n) is 6.91. The Labute approximate surface area is 157 Å². The molecule has 2 aromatic heterocycles. The molecule has 134 valence electrons. The molecule has 4 rings (SSSR count). The van der Waals surface area contributed by atoms with E-state index in [2.05, 4.69) is 20.3 Å². The van der Waals surface area contributed by atoms with Crippen LogP contribution in [0.4, 0.5) is 5.82 Å². The summed E-state index contributed by atoms with van der Waals surface area (Å²) in [6.07, 6.45) is 1.71. The lowest BCUT2D eigenvalue weighted by Gasteiger charge is -2.12. The van der Waals surface area contributed by atoms with Crippen LogP contribution >= 0.6 is 0 Å². The summed E-state index contributed by atoms with van der Waals surface area (Å²) in [6.45, 7) is 5.96. The molecule has 27 heavy (non-hydrogen) atoms. The van der Waals surface area contributed by atoms with Crippen LogP contribution in [0.15, 0.2) is 54.7 Å². The number of carbonyl (C=O) groups is 1. The number of fused-ring (bicyclic) bond motifs is 3. The number of carbonyl (C=O) groups excluding carboxylic acids is 1. The van der Waals surface area contributed by atoms with E-state index in [4.69, 9.17) is 0 Å². The maximum Gasteiger partial charge on any atom is 0.259 e. The Hall–Kier alpha value is -3.34. The third-order valence-corrected chi connectivity index (χ3v) is 4.49. The molecule has 5 nitrogen and oxygen atoms in total. The van der Waals surface area contributed by atoms with Crippen LogP contribution in [0.25, 0.3) is 21.7 Å². The van der Waals surface area contributed by atoms with Crippen molar-refractivity contribution in [2.75, 3.05) is 5.32 Å². The number of benzene rings is 2. The summed E-state index contributed by atoms with van der Waals surface area (Å²) in [6, 6.07) is 15.6. The van der Waals surface area contributed by atoms with Crippen molar-refractivity contribution in [1.29, 1.82) is 0 Å². The highest BCUT2D eigenvalue weighted by molar-refractivity contribution is 6.18. The topological polar surface area (TPSA) is 67.8 Å². The molecule has 2 aromatic carbocycles. The molecule has 1 N–H and O–H groups in total. The minimum atomic E-state index is -0.225. The van der Waals surface area contributed by atoms with E-state index in [0.29, 0.717) is 22.7 Å². The molecule has 0 fully saturated rings. The van der Waals surface area contributed by atoms with Crippen molar-refractivity contribution in [2.45, 2.75) is 26.7 Å². The Bertz CT molecular complexity index is 1170. The molecule has 0 saturated carbocycles. The van der Waals surface area contributed by atoms with Crippen molar-refractivity contribution in [3.05, 3.63) is 71.8 Å². The van der Waals surface area contributed by atoms with Gasteiger partial charge in [0.25, 0.3) is 5.91 Å². The van der Waals surface area contributed by atoms with Gasteiger partial charge in [-0.25, -0.2) is 9.97 Å². The molecule has 0 aliphatic heterocycles. The van der Waals surface area contributed by atoms with Gasteiger partial charge in [-0.2, -0.15) is 0 Å². The second kappa shape index (κ2) is 6.76. The standard InChI is InChI=1S/C22H20N4O/c1-13(2)21-24-14(3)11-19(25-21)26-22(27)18-12-15-7-4-5-8-16(15)17-9-6-10-23-20(17)18/h4-13H,1-3H3,(H,24,25,26,27). The molecule has 4 aromatic rings. The monoisotopic (exact) mass is 356 g/mol. The molecule has 2 heterocycles. The van der Waals surface area contributed by atoms with Gasteiger partial charge in [0.2, 0.25) is 0 Å². The van der Waals surface area contributed by atoms with E-state index < -0.39 is 0 Å². The number of nitrogens with zero attached hydrogens (tertiary/aromatic N) is 3. The zero-order valence-corrected chi connectivity index (χ0v) is 15.5. The molecule has 0 unspecified atom stereocenters. The minimum absolute atomic E-state index is 0.184. The minimum Gasteiger partial charge on any atom is -0.306 e. The average molecular weight is 356 g/mol. The van der Waals surface area contributed by atoms with E-state index in [9.17, 15) is 4.79 Å². The lowest BCUT2D eigenvalue weighted by Crippen LogP contribution is -2.15. The maximum absolute atomic E-state index is 13.1. The quantitative estimate of drug-likeness (QED) is 0.532. The number of pyridine rings is 1. The third-order valence-electron chi connectivity index (χ3n) is 4.49. The molecule has 5 heteroatoms. The smallest absolute Gasteiger partial charge is 0.259 e. The Morgan fingerprint density at radius 1 is 1.00 bits per heavy atom. The highest BCUT2D eigenvalue weighted by atomic mass is 16.1. The van der Waals surface area contributed by atoms with Gasteiger partial charge >= 0.3 is 0 Å². The highest BCUT2D eigenvalue weighted by Gasteiger charge is 2.16. The van der Waals surface area contributed by atoms with E-state index in [1.165, 1.54) is 0 Å². The molecule has 0 spiro atoms. The average Bonchev–Trinajstić information content (AvgIpc) is 2.66. The summed E-state index contributed by atoms with van der Waals surface area (Å²) >= 11 is 0. The number of rotatable bonds is 3. The number of anilines is 1. The SMILES string of the molecule is Cc1cc(NC(=O)c2cc3ccccc3c3cccnc23)nc(C(C)C)n1. The van der Waals surface area contributed by atoms with Crippen molar-refractivity contribution in [3.8, 4) is 0 Å². The molecule has 0 aliphatic rings. The molecule has 0 atom stereocenters. The number of aryl methyl sites for hydroxylation is 1. The molecule has 0 saturated heterocycles. The first-order valence-electron chi connectivity index (χ1n) is 8.96. The first-order chi connectivity index (χ1) is 13.0. The second-order valence-corrected chi connectivity index (χ2v) is 6.91. The van der Waals surface area contributed by atoms with Crippen molar-refractivity contribution in [1.82, 2.24) is 15.0 Å². The molecule has 0 aliphatic carbocycles. The van der Waals surface area contributed by atoms with Gasteiger partial charge in [0.15, 0.2) is 0 Å². The van der Waals surface area contributed by atoms with Crippen LogP contribution < -0.4 is 5.32 Å². The Kier molecular flexibility index (Phi) is 4.28.